The topological polar surface area (TPSA) is 60.0 Å². The van der Waals surface area contributed by atoms with Gasteiger partial charge in [-0.05, 0) is 48.6 Å². The molecule has 4 rings (SSSR count). The Balaban J connectivity index is 1.87. The van der Waals surface area contributed by atoms with Gasteiger partial charge in [-0.2, -0.15) is 17.7 Å². The summed E-state index contributed by atoms with van der Waals surface area (Å²) in [5.41, 5.74) is 2.60. The maximum absolute atomic E-state index is 6.04. The van der Waals surface area contributed by atoms with Crippen molar-refractivity contribution in [1.82, 2.24) is 19.9 Å². The van der Waals surface area contributed by atoms with Crippen molar-refractivity contribution >= 4 is 35.7 Å². The van der Waals surface area contributed by atoms with Crippen molar-refractivity contribution in [1.29, 1.82) is 0 Å². The molecule has 0 unspecified atom stereocenters. The van der Waals surface area contributed by atoms with Gasteiger partial charge >= 0.3 is 0 Å². The Morgan fingerprint density at radius 1 is 1.07 bits per heavy atom. The lowest BCUT2D eigenvalue weighted by Gasteiger charge is -2.22. The van der Waals surface area contributed by atoms with Crippen LogP contribution in [0.15, 0.2) is 71.8 Å². The van der Waals surface area contributed by atoms with Gasteiger partial charge in [0.1, 0.15) is 12.7 Å². The summed E-state index contributed by atoms with van der Waals surface area (Å²) in [6, 6.07) is 17.5. The highest BCUT2D eigenvalue weighted by Crippen LogP contribution is 2.37. The van der Waals surface area contributed by atoms with Gasteiger partial charge in [-0.1, -0.05) is 35.0 Å². The summed E-state index contributed by atoms with van der Waals surface area (Å²) in [4.78, 5) is 6.20. The van der Waals surface area contributed by atoms with Crippen LogP contribution in [0.2, 0.25) is 5.02 Å². The Kier molecular flexibility index (Phi) is 5.64. The van der Waals surface area contributed by atoms with Crippen LogP contribution < -0.4 is 4.90 Å². The lowest BCUT2D eigenvalue weighted by molar-refractivity contribution is 0.432. The molecular weight excluding hydrogens is 394 g/mol. The van der Waals surface area contributed by atoms with Crippen LogP contribution >= 0.6 is 24.2 Å². The third-order valence-electron chi connectivity index (χ3n) is 4.27. The number of halogens is 1. The molecule has 0 amide bonds. The van der Waals surface area contributed by atoms with Crippen LogP contribution in [0.5, 0.6) is 0 Å². The number of hydrogen-bond donors (Lipinski definition) is 1. The molecule has 0 aliphatic carbocycles. The molecule has 8 heteroatoms. The number of hydrogen-bond acceptors (Lipinski definition) is 6. The lowest BCUT2D eigenvalue weighted by atomic mass is 10.1. The summed E-state index contributed by atoms with van der Waals surface area (Å²) in [7, 11) is 0. The van der Waals surface area contributed by atoms with Crippen LogP contribution in [0.4, 0.5) is 11.5 Å². The highest BCUT2D eigenvalue weighted by molar-refractivity contribution is 7.80. The van der Waals surface area contributed by atoms with Gasteiger partial charge in [-0.15, -0.1) is 0 Å². The minimum Gasteiger partial charge on any atom is -0.352 e. The van der Waals surface area contributed by atoms with Crippen LogP contribution in [0.25, 0.3) is 17.0 Å². The van der Waals surface area contributed by atoms with Crippen LogP contribution in [0.1, 0.15) is 6.42 Å². The molecule has 0 fully saturated rings. The second-order valence-corrected chi connectivity index (χ2v) is 6.98. The zero-order valence-electron chi connectivity index (χ0n) is 14.9. The lowest BCUT2D eigenvalue weighted by Crippen LogP contribution is -2.21. The zero-order chi connectivity index (χ0) is 19.3. The number of para-hydroxylation sites is 1. The van der Waals surface area contributed by atoms with Crippen molar-refractivity contribution in [2.75, 3.05) is 17.2 Å². The predicted molar refractivity (Wildman–Crippen MR) is 114 cm³/mol. The second-order valence-electron chi connectivity index (χ2n) is 6.10. The third-order valence-corrected chi connectivity index (χ3v) is 4.84. The summed E-state index contributed by atoms with van der Waals surface area (Å²) >= 11 is 10.4. The van der Waals surface area contributed by atoms with E-state index in [1.54, 1.807) is 11.0 Å². The quantitative estimate of drug-likeness (QED) is 0.432. The van der Waals surface area contributed by atoms with Crippen molar-refractivity contribution in [2.24, 2.45) is 0 Å². The first-order valence-corrected chi connectivity index (χ1v) is 9.83. The Morgan fingerprint density at radius 2 is 1.86 bits per heavy atom. The van der Waals surface area contributed by atoms with Crippen molar-refractivity contribution in [3.8, 4) is 17.0 Å². The maximum atomic E-state index is 6.04. The molecule has 2 heterocycles. The number of rotatable bonds is 7. The van der Waals surface area contributed by atoms with E-state index in [4.69, 9.17) is 16.1 Å². The van der Waals surface area contributed by atoms with Gasteiger partial charge in [0, 0.05) is 22.8 Å². The molecule has 0 atom stereocenters. The molecule has 0 saturated carbocycles. The first-order chi connectivity index (χ1) is 13.8. The smallest absolute Gasteiger partial charge is 0.203 e. The average Bonchev–Trinajstić information content (AvgIpc) is 3.39. The van der Waals surface area contributed by atoms with Gasteiger partial charge in [-0.25, -0.2) is 9.67 Å². The molecule has 4 aromatic rings. The molecule has 0 radical (unpaired) electrons. The number of anilines is 2. The zero-order valence-corrected chi connectivity index (χ0v) is 16.6. The Bertz CT molecular complexity index is 1020. The van der Waals surface area contributed by atoms with Gasteiger partial charge in [0.05, 0.1) is 0 Å². The fourth-order valence-electron chi connectivity index (χ4n) is 2.97. The van der Waals surface area contributed by atoms with Gasteiger partial charge < -0.3 is 9.42 Å². The largest absolute Gasteiger partial charge is 0.352 e. The SMILES string of the molecule is SCCCN(c1ccccc1)c1noc(-c2ccc(Cl)cc2)c1-n1cncn1. The average molecular weight is 412 g/mol. The second kappa shape index (κ2) is 8.50. The summed E-state index contributed by atoms with van der Waals surface area (Å²) in [6.07, 6.45) is 4.01. The predicted octanol–water partition coefficient (Wildman–Crippen LogP) is 5.03. The standard InChI is InChI=1S/C20H18ClN5OS/c21-16-9-7-15(8-10-16)19-18(26-14-22-13-23-26)20(24-27-19)25(11-4-12-28)17-5-2-1-3-6-17/h1-3,5-10,13-14,28H,4,11-12H2. The molecule has 2 aromatic heterocycles. The summed E-state index contributed by atoms with van der Waals surface area (Å²) in [5.74, 6) is 2.04. The molecule has 0 aliphatic rings. The van der Waals surface area contributed by atoms with E-state index >= 15 is 0 Å². The van der Waals surface area contributed by atoms with Gasteiger partial charge in [-0.3, -0.25) is 0 Å². The van der Waals surface area contributed by atoms with E-state index in [9.17, 15) is 0 Å². The minimum absolute atomic E-state index is 0.601. The van der Waals surface area contributed by atoms with Crippen LogP contribution in [0, 0.1) is 0 Å². The van der Waals surface area contributed by atoms with Crippen molar-refractivity contribution in [3.05, 3.63) is 72.3 Å². The molecule has 0 saturated heterocycles. The van der Waals surface area contributed by atoms with Crippen LogP contribution in [-0.4, -0.2) is 32.2 Å². The maximum Gasteiger partial charge on any atom is 0.203 e. The molecule has 142 valence electrons. The summed E-state index contributed by atoms with van der Waals surface area (Å²) < 4.78 is 7.46. The van der Waals surface area contributed by atoms with E-state index < -0.39 is 0 Å². The number of nitrogens with zero attached hydrogens (tertiary/aromatic N) is 5. The molecule has 0 spiro atoms. The molecule has 2 aromatic carbocycles. The molecule has 0 N–H and O–H groups in total. The van der Waals surface area contributed by atoms with Crippen molar-refractivity contribution < 1.29 is 4.52 Å². The Hall–Kier alpha value is -2.77. The normalized spacial score (nSPS) is 10.9. The number of thiol groups is 1. The van der Waals surface area contributed by atoms with E-state index in [-0.39, 0.29) is 0 Å². The summed E-state index contributed by atoms with van der Waals surface area (Å²) in [6.45, 7) is 0.738. The highest BCUT2D eigenvalue weighted by Gasteiger charge is 2.25. The first-order valence-electron chi connectivity index (χ1n) is 8.82. The Labute approximate surface area is 173 Å². The fourth-order valence-corrected chi connectivity index (χ4v) is 3.24. The molecule has 6 nitrogen and oxygen atoms in total. The van der Waals surface area contributed by atoms with E-state index in [2.05, 4.69) is 32.8 Å². The monoisotopic (exact) mass is 411 g/mol. The van der Waals surface area contributed by atoms with E-state index in [1.807, 2.05) is 54.6 Å². The van der Waals surface area contributed by atoms with Gasteiger partial charge in [0.25, 0.3) is 0 Å². The highest BCUT2D eigenvalue weighted by atomic mass is 35.5. The summed E-state index contributed by atoms with van der Waals surface area (Å²) in [5, 5.41) is 9.38. The van der Waals surface area contributed by atoms with E-state index in [0.29, 0.717) is 16.6 Å². The first kappa shape index (κ1) is 18.6. The molecule has 28 heavy (non-hydrogen) atoms. The Morgan fingerprint density at radius 3 is 2.54 bits per heavy atom. The van der Waals surface area contributed by atoms with Crippen molar-refractivity contribution in [2.45, 2.75) is 6.42 Å². The van der Waals surface area contributed by atoms with E-state index in [0.717, 1.165) is 35.7 Å². The van der Waals surface area contributed by atoms with Crippen LogP contribution in [0.3, 0.4) is 0 Å². The van der Waals surface area contributed by atoms with Gasteiger partial charge in [0.2, 0.25) is 5.82 Å². The van der Waals surface area contributed by atoms with Gasteiger partial charge in [0.15, 0.2) is 11.4 Å². The molecule has 0 bridgehead atoms. The van der Waals surface area contributed by atoms with Crippen LogP contribution in [-0.2, 0) is 0 Å². The number of aromatic nitrogens is 4. The molecule has 0 aliphatic heterocycles. The van der Waals surface area contributed by atoms with E-state index in [1.165, 1.54) is 6.33 Å². The minimum atomic E-state index is 0.601. The molecular formula is C20H18ClN5OS. The third kappa shape index (κ3) is 3.76. The van der Waals surface area contributed by atoms with Crippen molar-refractivity contribution in [3.63, 3.8) is 0 Å². The fraction of sp³-hybridized carbons (Fsp3) is 0.150. The number of benzene rings is 2.